The van der Waals surface area contributed by atoms with Gasteiger partial charge in [-0.15, -0.1) is 0 Å². The molecule has 7 aromatic rings. The minimum Gasteiger partial charge on any atom is -0.256 e. The average Bonchev–Trinajstić information content (AvgIpc) is 2.92. The third-order valence-corrected chi connectivity index (χ3v) is 6.73. The standard InChI is InChI=1S/C32H20N2/c1-2-11-22(12-3-1)29-24-14-6-7-15-25(24)31(32-23-13-5-4-10-21(23)18-19-33-32)27-20-34-28-17-9-8-16-26(28)30(27)29/h1-20H. The minimum absolute atomic E-state index is 0.996. The van der Waals surface area contributed by atoms with Gasteiger partial charge in [-0.3, -0.25) is 9.97 Å². The molecule has 5 aromatic carbocycles. The Morgan fingerprint density at radius 2 is 1.09 bits per heavy atom. The van der Waals surface area contributed by atoms with E-state index in [2.05, 4.69) is 109 Å². The molecule has 0 fully saturated rings. The lowest BCUT2D eigenvalue weighted by molar-refractivity contribution is 1.37. The highest BCUT2D eigenvalue weighted by atomic mass is 14.7. The molecule has 2 nitrogen and oxygen atoms in total. The van der Waals surface area contributed by atoms with Gasteiger partial charge in [0, 0.05) is 39.5 Å². The first kappa shape index (κ1) is 19.0. The van der Waals surface area contributed by atoms with E-state index in [0.29, 0.717) is 0 Å². The summed E-state index contributed by atoms with van der Waals surface area (Å²) in [4.78, 5) is 9.82. The van der Waals surface area contributed by atoms with Gasteiger partial charge in [-0.1, -0.05) is 97.1 Å². The lowest BCUT2D eigenvalue weighted by atomic mass is 9.85. The fraction of sp³-hybridized carbons (Fsp3) is 0. The van der Waals surface area contributed by atoms with Crippen LogP contribution in [0.25, 0.3) is 65.6 Å². The van der Waals surface area contributed by atoms with Crippen LogP contribution in [0.4, 0.5) is 0 Å². The van der Waals surface area contributed by atoms with Gasteiger partial charge < -0.3 is 0 Å². The molecule has 2 heterocycles. The number of rotatable bonds is 2. The molecule has 0 spiro atoms. The minimum atomic E-state index is 0.996. The predicted octanol–water partition coefficient (Wildman–Crippen LogP) is 8.42. The highest BCUT2D eigenvalue weighted by molar-refractivity contribution is 6.28. The van der Waals surface area contributed by atoms with Gasteiger partial charge in [0.1, 0.15) is 0 Å². The summed E-state index contributed by atoms with van der Waals surface area (Å²) in [6.45, 7) is 0. The molecule has 34 heavy (non-hydrogen) atoms. The zero-order valence-corrected chi connectivity index (χ0v) is 18.4. The van der Waals surface area contributed by atoms with Crippen LogP contribution in [0.5, 0.6) is 0 Å². The SMILES string of the molecule is c1ccc(-c2c3ccccc3c(-c3nccc4ccccc34)c3cnc4ccccc4c23)cc1. The Bertz CT molecular complexity index is 1850. The third-order valence-electron chi connectivity index (χ3n) is 6.73. The number of hydrogen-bond donors (Lipinski definition) is 0. The van der Waals surface area contributed by atoms with Crippen LogP contribution in [0, 0.1) is 0 Å². The van der Waals surface area contributed by atoms with E-state index in [9.17, 15) is 0 Å². The van der Waals surface area contributed by atoms with Gasteiger partial charge in [0.05, 0.1) is 11.2 Å². The molecule has 0 aliphatic rings. The number of nitrogens with zero attached hydrogens (tertiary/aromatic N) is 2. The molecule has 0 atom stereocenters. The summed E-state index contributed by atoms with van der Waals surface area (Å²) in [6.07, 6.45) is 3.95. The van der Waals surface area contributed by atoms with Crippen molar-refractivity contribution in [1.29, 1.82) is 0 Å². The Balaban J connectivity index is 1.78. The van der Waals surface area contributed by atoms with E-state index in [1.165, 1.54) is 32.7 Å². The maximum Gasteiger partial charge on any atom is 0.0793 e. The van der Waals surface area contributed by atoms with Gasteiger partial charge in [0.2, 0.25) is 0 Å². The lowest BCUT2D eigenvalue weighted by Gasteiger charge is -2.19. The smallest absolute Gasteiger partial charge is 0.0793 e. The molecule has 0 saturated carbocycles. The van der Waals surface area contributed by atoms with E-state index in [1.54, 1.807) is 0 Å². The van der Waals surface area contributed by atoms with Crippen molar-refractivity contribution in [2.24, 2.45) is 0 Å². The van der Waals surface area contributed by atoms with E-state index >= 15 is 0 Å². The molecule has 158 valence electrons. The Kier molecular flexibility index (Phi) is 4.18. The molecule has 2 heteroatoms. The Morgan fingerprint density at radius 1 is 0.441 bits per heavy atom. The Morgan fingerprint density at radius 3 is 1.91 bits per heavy atom. The van der Waals surface area contributed by atoms with Crippen LogP contribution in [0.2, 0.25) is 0 Å². The summed E-state index contributed by atoms with van der Waals surface area (Å²) in [5.74, 6) is 0. The van der Waals surface area contributed by atoms with Crippen molar-refractivity contribution in [3.05, 3.63) is 122 Å². The van der Waals surface area contributed by atoms with E-state index in [1.807, 2.05) is 12.4 Å². The van der Waals surface area contributed by atoms with Crippen molar-refractivity contribution < 1.29 is 0 Å². The first-order valence-corrected chi connectivity index (χ1v) is 11.5. The first-order valence-electron chi connectivity index (χ1n) is 11.5. The number of fused-ring (bicyclic) bond motifs is 5. The first-order chi connectivity index (χ1) is 16.9. The Hall–Kier alpha value is -4.56. The summed E-state index contributed by atoms with van der Waals surface area (Å²) >= 11 is 0. The topological polar surface area (TPSA) is 25.8 Å². The van der Waals surface area contributed by atoms with Crippen molar-refractivity contribution in [3.8, 4) is 22.4 Å². The zero-order chi connectivity index (χ0) is 22.5. The van der Waals surface area contributed by atoms with Crippen molar-refractivity contribution in [2.45, 2.75) is 0 Å². The van der Waals surface area contributed by atoms with Crippen LogP contribution < -0.4 is 0 Å². The van der Waals surface area contributed by atoms with Crippen LogP contribution in [0.3, 0.4) is 0 Å². The summed E-state index contributed by atoms with van der Waals surface area (Å²) in [6, 6.07) is 38.4. The fourth-order valence-electron chi connectivity index (χ4n) is 5.28. The van der Waals surface area contributed by atoms with Gasteiger partial charge in [0.25, 0.3) is 0 Å². The summed E-state index contributed by atoms with van der Waals surface area (Å²) in [5, 5.41) is 8.26. The largest absolute Gasteiger partial charge is 0.256 e. The molecule has 0 bridgehead atoms. The molecule has 0 saturated heterocycles. The predicted molar refractivity (Wildman–Crippen MR) is 143 cm³/mol. The third kappa shape index (κ3) is 2.76. The van der Waals surface area contributed by atoms with E-state index in [0.717, 1.165) is 32.9 Å². The van der Waals surface area contributed by atoms with Crippen LogP contribution in [-0.2, 0) is 0 Å². The molecule has 0 aliphatic carbocycles. The molecule has 0 amide bonds. The molecule has 0 radical (unpaired) electrons. The number of aromatic nitrogens is 2. The van der Waals surface area contributed by atoms with Crippen molar-refractivity contribution >= 4 is 43.2 Å². The van der Waals surface area contributed by atoms with Crippen molar-refractivity contribution in [3.63, 3.8) is 0 Å². The molecule has 2 aromatic heterocycles. The van der Waals surface area contributed by atoms with Crippen molar-refractivity contribution in [1.82, 2.24) is 9.97 Å². The molecular weight excluding hydrogens is 412 g/mol. The van der Waals surface area contributed by atoms with Gasteiger partial charge in [-0.05, 0) is 39.4 Å². The maximum absolute atomic E-state index is 4.93. The number of hydrogen-bond acceptors (Lipinski definition) is 2. The maximum atomic E-state index is 4.93. The van der Waals surface area contributed by atoms with Crippen LogP contribution in [0.1, 0.15) is 0 Å². The van der Waals surface area contributed by atoms with E-state index in [-0.39, 0.29) is 0 Å². The number of benzene rings is 5. The molecule has 7 rings (SSSR count). The number of pyridine rings is 2. The van der Waals surface area contributed by atoms with Crippen LogP contribution in [0.15, 0.2) is 122 Å². The zero-order valence-electron chi connectivity index (χ0n) is 18.4. The average molecular weight is 433 g/mol. The monoisotopic (exact) mass is 432 g/mol. The van der Waals surface area contributed by atoms with Gasteiger partial charge >= 0.3 is 0 Å². The second kappa shape index (κ2) is 7.50. The molecule has 0 aliphatic heterocycles. The molecule has 0 unspecified atom stereocenters. The van der Waals surface area contributed by atoms with Crippen LogP contribution in [-0.4, -0.2) is 9.97 Å². The summed E-state index contributed by atoms with van der Waals surface area (Å²) < 4.78 is 0. The van der Waals surface area contributed by atoms with E-state index in [4.69, 9.17) is 9.97 Å². The highest BCUT2D eigenvalue weighted by Crippen LogP contribution is 2.46. The van der Waals surface area contributed by atoms with E-state index < -0.39 is 0 Å². The normalized spacial score (nSPS) is 11.5. The quantitative estimate of drug-likeness (QED) is 0.202. The van der Waals surface area contributed by atoms with Gasteiger partial charge in [-0.2, -0.15) is 0 Å². The van der Waals surface area contributed by atoms with Gasteiger partial charge in [0.15, 0.2) is 0 Å². The Labute approximate surface area is 197 Å². The van der Waals surface area contributed by atoms with Gasteiger partial charge in [-0.25, -0.2) is 0 Å². The highest BCUT2D eigenvalue weighted by Gasteiger charge is 2.20. The second-order valence-corrected chi connectivity index (χ2v) is 8.61. The molecule has 0 N–H and O–H groups in total. The fourth-order valence-corrected chi connectivity index (χ4v) is 5.28. The van der Waals surface area contributed by atoms with Crippen LogP contribution >= 0.6 is 0 Å². The summed E-state index contributed by atoms with van der Waals surface area (Å²) in [7, 11) is 0. The van der Waals surface area contributed by atoms with Crippen molar-refractivity contribution in [2.75, 3.05) is 0 Å². The summed E-state index contributed by atoms with van der Waals surface area (Å²) in [5.41, 5.74) is 5.59. The molecular formula is C32H20N2. The second-order valence-electron chi connectivity index (χ2n) is 8.61. The number of para-hydroxylation sites is 1. The lowest BCUT2D eigenvalue weighted by Crippen LogP contribution is -1.95.